The number of alkyl halides is 3. The van der Waals surface area contributed by atoms with Gasteiger partial charge in [0.25, 0.3) is 5.91 Å². The number of hydrogen-bond acceptors (Lipinski definition) is 7. The predicted molar refractivity (Wildman–Crippen MR) is 145 cm³/mol. The molecule has 1 unspecified atom stereocenters. The highest BCUT2D eigenvalue weighted by Gasteiger charge is 2.33. The van der Waals surface area contributed by atoms with Crippen molar-refractivity contribution in [3.8, 4) is 28.6 Å². The first-order valence-corrected chi connectivity index (χ1v) is 12.7. The van der Waals surface area contributed by atoms with Crippen LogP contribution in [0.15, 0.2) is 79.0 Å². The van der Waals surface area contributed by atoms with Gasteiger partial charge >= 0.3 is 6.18 Å². The third-order valence-electron chi connectivity index (χ3n) is 5.89. The highest BCUT2D eigenvalue weighted by atomic mass is 19.4. The van der Waals surface area contributed by atoms with E-state index in [-0.39, 0.29) is 36.9 Å². The number of rotatable bonds is 13. The lowest BCUT2D eigenvalue weighted by Crippen LogP contribution is -2.33. The van der Waals surface area contributed by atoms with Gasteiger partial charge in [-0.25, -0.2) is 4.98 Å². The summed E-state index contributed by atoms with van der Waals surface area (Å²) >= 11 is 0. The molecule has 0 aliphatic heterocycles. The quantitative estimate of drug-likeness (QED) is 0.153. The molecule has 0 aliphatic rings. The molecule has 0 saturated carbocycles. The highest BCUT2D eigenvalue weighted by Crippen LogP contribution is 2.30. The number of H-pyrrole nitrogens is 1. The molecule has 1 heterocycles. The zero-order chi connectivity index (χ0) is 29.2. The lowest BCUT2D eigenvalue weighted by atomic mass is 10.1. The van der Waals surface area contributed by atoms with Crippen molar-refractivity contribution in [1.82, 2.24) is 20.6 Å². The van der Waals surface area contributed by atoms with Gasteiger partial charge in [-0.1, -0.05) is 30.3 Å². The Morgan fingerprint density at radius 3 is 2.44 bits per heavy atom. The summed E-state index contributed by atoms with van der Waals surface area (Å²) in [7, 11) is 0. The second-order valence-corrected chi connectivity index (χ2v) is 9.03. The molecule has 0 radical (unpaired) electrons. The summed E-state index contributed by atoms with van der Waals surface area (Å²) in [5.74, 6) is 0.352. The topological polar surface area (TPSA) is 129 Å². The summed E-state index contributed by atoms with van der Waals surface area (Å²) < 4.78 is 49.4. The van der Waals surface area contributed by atoms with Crippen molar-refractivity contribution < 1.29 is 37.7 Å². The van der Waals surface area contributed by atoms with Gasteiger partial charge in [-0.05, 0) is 48.0 Å². The number of aromatic hydroxyl groups is 1. The van der Waals surface area contributed by atoms with Crippen LogP contribution in [0.3, 0.4) is 0 Å². The lowest BCUT2D eigenvalue weighted by molar-refractivity contribution is -0.140. The van der Waals surface area contributed by atoms with Gasteiger partial charge in [-0.2, -0.15) is 13.2 Å². The molecule has 4 rings (SSSR count). The molecular weight excluding hydrogens is 541 g/mol. The Hall–Kier alpha value is -4.55. The van der Waals surface area contributed by atoms with E-state index in [4.69, 9.17) is 9.47 Å². The number of phenols is 1. The lowest BCUT2D eigenvalue weighted by Gasteiger charge is -2.14. The van der Waals surface area contributed by atoms with Gasteiger partial charge in [-0.3, -0.25) is 4.79 Å². The number of aromatic amines is 1. The Morgan fingerprint density at radius 1 is 1.00 bits per heavy atom. The maximum absolute atomic E-state index is 12.7. The van der Waals surface area contributed by atoms with E-state index in [2.05, 4.69) is 20.6 Å². The van der Waals surface area contributed by atoms with Gasteiger partial charge in [0.1, 0.15) is 48.1 Å². The van der Waals surface area contributed by atoms with Crippen LogP contribution in [0.25, 0.3) is 11.4 Å². The molecular formula is C29H29F3N4O5. The normalized spacial score (nSPS) is 12.1. The minimum atomic E-state index is -4.50. The second kappa shape index (κ2) is 13.7. The zero-order valence-corrected chi connectivity index (χ0v) is 21.8. The predicted octanol–water partition coefficient (Wildman–Crippen LogP) is 4.14. The standard InChI is InChI=1S/C29H29F3N4O5/c30-29(31,32)26-17-34-27(36-26)20-6-8-22(9-7-20)41-18-21(37)16-33-12-13-40-23-10-11-25(38)24(14-23)28(39)35-15-19-4-2-1-3-5-19/h1-11,14,17,21,33,37-38H,12-13,15-16,18H2,(H,34,36)(H,35,39). The monoisotopic (exact) mass is 570 g/mol. The number of phenolic OH excluding ortho intramolecular Hbond substituents is 1. The first-order chi connectivity index (χ1) is 19.7. The van der Waals surface area contributed by atoms with E-state index in [0.717, 1.165) is 11.8 Å². The Morgan fingerprint density at radius 2 is 1.73 bits per heavy atom. The van der Waals surface area contributed by atoms with Crippen LogP contribution in [0.2, 0.25) is 0 Å². The number of aliphatic hydroxyl groups is 1. The van der Waals surface area contributed by atoms with Crippen molar-refractivity contribution in [2.24, 2.45) is 0 Å². The first kappa shape index (κ1) is 29.4. The highest BCUT2D eigenvalue weighted by molar-refractivity contribution is 5.97. The summed E-state index contributed by atoms with van der Waals surface area (Å²) in [5.41, 5.74) is 0.565. The number of amides is 1. The Balaban J connectivity index is 1.14. The number of halogens is 3. The van der Waals surface area contributed by atoms with E-state index in [0.29, 0.717) is 30.2 Å². The molecule has 4 aromatic rings. The molecule has 1 amide bonds. The fraction of sp³-hybridized carbons (Fsp3) is 0.241. The summed E-state index contributed by atoms with van der Waals surface area (Å²) in [6.45, 7) is 1.17. The smallest absolute Gasteiger partial charge is 0.432 e. The number of aliphatic hydroxyl groups excluding tert-OH is 1. The second-order valence-electron chi connectivity index (χ2n) is 9.03. The summed E-state index contributed by atoms with van der Waals surface area (Å²) in [6, 6.07) is 20.1. The first-order valence-electron chi connectivity index (χ1n) is 12.7. The summed E-state index contributed by atoms with van der Waals surface area (Å²) in [5, 5.41) is 26.1. The van der Waals surface area contributed by atoms with E-state index >= 15 is 0 Å². The van der Waals surface area contributed by atoms with Crippen LogP contribution >= 0.6 is 0 Å². The Bertz CT molecular complexity index is 1410. The number of nitrogens with one attached hydrogen (secondary N) is 3. The molecule has 216 valence electrons. The maximum atomic E-state index is 12.7. The van der Waals surface area contributed by atoms with E-state index in [9.17, 15) is 28.2 Å². The maximum Gasteiger partial charge on any atom is 0.432 e. The van der Waals surface area contributed by atoms with E-state index in [1.165, 1.54) is 12.1 Å². The van der Waals surface area contributed by atoms with Crippen LogP contribution in [0.4, 0.5) is 13.2 Å². The van der Waals surface area contributed by atoms with Crippen LogP contribution in [-0.2, 0) is 12.7 Å². The van der Waals surface area contributed by atoms with Crippen LogP contribution in [0.1, 0.15) is 21.6 Å². The molecule has 1 atom stereocenters. The van der Waals surface area contributed by atoms with Crippen molar-refractivity contribution in [3.63, 3.8) is 0 Å². The molecule has 0 saturated heterocycles. The van der Waals surface area contributed by atoms with E-state index in [1.54, 1.807) is 30.3 Å². The third kappa shape index (κ3) is 8.72. The van der Waals surface area contributed by atoms with Gasteiger partial charge in [0, 0.05) is 25.2 Å². The summed E-state index contributed by atoms with van der Waals surface area (Å²) in [4.78, 5) is 18.5. The zero-order valence-electron chi connectivity index (χ0n) is 21.8. The Labute approximate surface area is 234 Å². The fourth-order valence-electron chi connectivity index (χ4n) is 3.74. The Kier molecular flexibility index (Phi) is 9.82. The molecule has 0 spiro atoms. The molecule has 5 N–H and O–H groups in total. The molecule has 0 fully saturated rings. The molecule has 12 heteroatoms. The number of imidazole rings is 1. The average molecular weight is 571 g/mol. The number of benzene rings is 3. The van der Waals surface area contributed by atoms with Crippen molar-refractivity contribution in [2.75, 3.05) is 26.3 Å². The van der Waals surface area contributed by atoms with Gasteiger partial charge in [-0.15, -0.1) is 0 Å². The number of aromatic nitrogens is 2. The van der Waals surface area contributed by atoms with E-state index in [1.807, 2.05) is 30.3 Å². The molecule has 9 nitrogen and oxygen atoms in total. The minimum Gasteiger partial charge on any atom is -0.507 e. The summed E-state index contributed by atoms with van der Waals surface area (Å²) in [6.07, 6.45) is -4.59. The van der Waals surface area contributed by atoms with Gasteiger partial charge < -0.3 is 35.3 Å². The van der Waals surface area contributed by atoms with Crippen LogP contribution in [-0.4, -0.2) is 58.5 Å². The number of nitrogens with zero attached hydrogens (tertiary/aromatic N) is 1. The number of carbonyl (C=O) groups is 1. The van der Waals surface area contributed by atoms with Gasteiger partial charge in [0.15, 0.2) is 0 Å². The van der Waals surface area contributed by atoms with Crippen LogP contribution in [0, 0.1) is 0 Å². The van der Waals surface area contributed by atoms with Gasteiger partial charge in [0.05, 0.1) is 11.8 Å². The number of ether oxygens (including phenoxy) is 2. The molecule has 41 heavy (non-hydrogen) atoms. The van der Waals surface area contributed by atoms with Gasteiger partial charge in [0.2, 0.25) is 0 Å². The molecule has 0 bridgehead atoms. The van der Waals surface area contributed by atoms with Crippen molar-refractivity contribution in [1.29, 1.82) is 0 Å². The number of hydrogen-bond donors (Lipinski definition) is 5. The molecule has 1 aromatic heterocycles. The third-order valence-corrected chi connectivity index (χ3v) is 5.89. The average Bonchev–Trinajstić information content (AvgIpc) is 3.48. The largest absolute Gasteiger partial charge is 0.507 e. The SMILES string of the molecule is O=C(NCc1ccccc1)c1cc(OCCNCC(O)COc2ccc(-c3ncc(C(F)(F)F)[nH]3)cc2)ccc1O. The van der Waals surface area contributed by atoms with Crippen LogP contribution in [0.5, 0.6) is 17.2 Å². The van der Waals surface area contributed by atoms with Crippen molar-refractivity contribution in [3.05, 3.63) is 95.8 Å². The number of carbonyl (C=O) groups excluding carboxylic acids is 1. The van der Waals surface area contributed by atoms with Crippen molar-refractivity contribution >= 4 is 5.91 Å². The van der Waals surface area contributed by atoms with Crippen LogP contribution < -0.4 is 20.1 Å². The molecule has 0 aliphatic carbocycles. The minimum absolute atomic E-state index is 0.00834. The van der Waals surface area contributed by atoms with Crippen molar-refractivity contribution in [2.45, 2.75) is 18.8 Å². The van der Waals surface area contributed by atoms with E-state index < -0.39 is 23.9 Å². The molecule has 3 aromatic carbocycles. The fourth-order valence-corrected chi connectivity index (χ4v) is 3.74.